The number of benzene rings is 1. The van der Waals surface area contributed by atoms with Crippen molar-refractivity contribution in [2.45, 2.75) is 26.5 Å². The van der Waals surface area contributed by atoms with Crippen molar-refractivity contribution in [1.29, 1.82) is 0 Å². The molecule has 0 amide bonds. The average Bonchev–Trinajstić information content (AvgIpc) is 2.31. The summed E-state index contributed by atoms with van der Waals surface area (Å²) in [5, 5.41) is 8.84. The van der Waals surface area contributed by atoms with Crippen molar-refractivity contribution in [2.24, 2.45) is 0 Å². The lowest BCUT2D eigenvalue weighted by Gasteiger charge is -2.19. The SMILES string of the molecule is CCCN(CC(=O)O)Cc1ccc(COC)cc1. The van der Waals surface area contributed by atoms with Gasteiger partial charge in [0.2, 0.25) is 0 Å². The lowest BCUT2D eigenvalue weighted by Crippen LogP contribution is -2.30. The number of methoxy groups -OCH3 is 1. The number of rotatable bonds is 8. The van der Waals surface area contributed by atoms with Gasteiger partial charge in [-0.3, -0.25) is 9.69 Å². The van der Waals surface area contributed by atoms with Crippen LogP contribution in [0.5, 0.6) is 0 Å². The van der Waals surface area contributed by atoms with Crippen LogP contribution in [0.4, 0.5) is 0 Å². The van der Waals surface area contributed by atoms with E-state index in [1.165, 1.54) is 0 Å². The van der Waals surface area contributed by atoms with E-state index in [-0.39, 0.29) is 6.54 Å². The third-order valence-electron chi connectivity index (χ3n) is 2.64. The molecule has 0 aliphatic heterocycles. The molecule has 1 rings (SSSR count). The summed E-state index contributed by atoms with van der Waals surface area (Å²) in [7, 11) is 1.67. The molecule has 0 atom stereocenters. The highest BCUT2D eigenvalue weighted by Crippen LogP contribution is 2.08. The third kappa shape index (κ3) is 5.29. The predicted molar refractivity (Wildman–Crippen MR) is 70.4 cm³/mol. The minimum atomic E-state index is -0.778. The predicted octanol–water partition coefficient (Wildman–Crippen LogP) is 2.13. The molecule has 100 valence electrons. The van der Waals surface area contributed by atoms with E-state index in [9.17, 15) is 4.79 Å². The minimum Gasteiger partial charge on any atom is -0.480 e. The summed E-state index contributed by atoms with van der Waals surface area (Å²) in [6, 6.07) is 8.09. The Morgan fingerprint density at radius 2 is 1.89 bits per heavy atom. The molecule has 0 aromatic heterocycles. The summed E-state index contributed by atoms with van der Waals surface area (Å²) < 4.78 is 5.05. The van der Waals surface area contributed by atoms with Gasteiger partial charge in [0, 0.05) is 13.7 Å². The quantitative estimate of drug-likeness (QED) is 0.769. The molecule has 1 aromatic rings. The number of carbonyl (C=O) groups is 1. The molecule has 0 unspecified atom stereocenters. The number of hydrogen-bond donors (Lipinski definition) is 1. The van der Waals surface area contributed by atoms with Gasteiger partial charge in [0.25, 0.3) is 0 Å². The number of hydrogen-bond acceptors (Lipinski definition) is 3. The molecular formula is C14H21NO3. The maximum atomic E-state index is 10.8. The Labute approximate surface area is 108 Å². The van der Waals surface area contributed by atoms with Gasteiger partial charge in [-0.25, -0.2) is 0 Å². The second kappa shape index (κ2) is 7.84. The van der Waals surface area contributed by atoms with E-state index in [1.807, 2.05) is 29.2 Å². The van der Waals surface area contributed by atoms with Gasteiger partial charge in [0.1, 0.15) is 0 Å². The van der Waals surface area contributed by atoms with Gasteiger partial charge in [-0.15, -0.1) is 0 Å². The fraction of sp³-hybridized carbons (Fsp3) is 0.500. The summed E-state index contributed by atoms with van der Waals surface area (Å²) >= 11 is 0. The molecule has 0 aliphatic carbocycles. The first-order valence-corrected chi connectivity index (χ1v) is 6.16. The zero-order chi connectivity index (χ0) is 13.4. The van der Waals surface area contributed by atoms with Crippen LogP contribution in [-0.4, -0.2) is 36.2 Å². The zero-order valence-electron chi connectivity index (χ0n) is 11.1. The molecule has 4 heteroatoms. The summed E-state index contributed by atoms with van der Waals surface area (Å²) in [5.41, 5.74) is 2.26. The molecule has 0 saturated heterocycles. The fourth-order valence-corrected chi connectivity index (χ4v) is 1.89. The van der Waals surface area contributed by atoms with E-state index >= 15 is 0 Å². The van der Waals surface area contributed by atoms with E-state index in [2.05, 4.69) is 6.92 Å². The van der Waals surface area contributed by atoms with Gasteiger partial charge < -0.3 is 9.84 Å². The van der Waals surface area contributed by atoms with Crippen LogP contribution in [0.2, 0.25) is 0 Å². The highest BCUT2D eigenvalue weighted by atomic mass is 16.5. The van der Waals surface area contributed by atoms with Crippen molar-refractivity contribution < 1.29 is 14.6 Å². The van der Waals surface area contributed by atoms with Gasteiger partial charge in [0.05, 0.1) is 13.2 Å². The van der Waals surface area contributed by atoms with Gasteiger partial charge in [0.15, 0.2) is 0 Å². The van der Waals surface area contributed by atoms with Crippen LogP contribution in [0.25, 0.3) is 0 Å². The smallest absolute Gasteiger partial charge is 0.317 e. The van der Waals surface area contributed by atoms with Gasteiger partial charge in [-0.05, 0) is 24.1 Å². The topological polar surface area (TPSA) is 49.8 Å². The fourth-order valence-electron chi connectivity index (χ4n) is 1.89. The van der Waals surface area contributed by atoms with Gasteiger partial charge >= 0.3 is 5.97 Å². The standard InChI is InChI=1S/C14H21NO3/c1-3-8-15(10-14(16)17)9-12-4-6-13(7-5-12)11-18-2/h4-7H,3,8-11H2,1-2H3,(H,16,17). The van der Waals surface area contributed by atoms with Crippen LogP contribution >= 0.6 is 0 Å². The van der Waals surface area contributed by atoms with E-state index in [0.717, 1.165) is 24.1 Å². The van der Waals surface area contributed by atoms with Crippen LogP contribution in [0.1, 0.15) is 24.5 Å². The van der Waals surface area contributed by atoms with E-state index < -0.39 is 5.97 Å². The first-order chi connectivity index (χ1) is 8.65. The number of aliphatic carboxylic acids is 1. The molecule has 18 heavy (non-hydrogen) atoms. The molecule has 0 radical (unpaired) electrons. The van der Waals surface area contributed by atoms with E-state index in [0.29, 0.717) is 13.2 Å². The van der Waals surface area contributed by atoms with Gasteiger partial charge in [-0.1, -0.05) is 31.2 Å². The number of carboxylic acids is 1. The Bertz CT molecular complexity index is 362. The molecule has 0 aliphatic rings. The first kappa shape index (κ1) is 14.7. The Morgan fingerprint density at radius 3 is 2.39 bits per heavy atom. The number of carboxylic acid groups (broad SMARTS) is 1. The first-order valence-electron chi connectivity index (χ1n) is 6.16. The zero-order valence-corrected chi connectivity index (χ0v) is 11.1. The van der Waals surface area contributed by atoms with Crippen molar-refractivity contribution in [3.05, 3.63) is 35.4 Å². The molecule has 1 aromatic carbocycles. The second-order valence-electron chi connectivity index (χ2n) is 4.35. The molecule has 4 nitrogen and oxygen atoms in total. The van der Waals surface area contributed by atoms with Crippen LogP contribution in [0.3, 0.4) is 0 Å². The Kier molecular flexibility index (Phi) is 6.39. The van der Waals surface area contributed by atoms with Crippen molar-refractivity contribution in [2.75, 3.05) is 20.2 Å². The van der Waals surface area contributed by atoms with Crippen molar-refractivity contribution in [3.8, 4) is 0 Å². The Morgan fingerprint density at radius 1 is 1.28 bits per heavy atom. The molecule has 0 spiro atoms. The summed E-state index contributed by atoms with van der Waals surface area (Å²) in [6.45, 7) is 4.22. The molecule has 1 N–H and O–H groups in total. The molecular weight excluding hydrogens is 230 g/mol. The second-order valence-corrected chi connectivity index (χ2v) is 4.35. The Hall–Kier alpha value is -1.39. The molecule has 0 bridgehead atoms. The lowest BCUT2D eigenvalue weighted by atomic mass is 10.1. The summed E-state index contributed by atoms with van der Waals surface area (Å²) in [4.78, 5) is 12.7. The maximum absolute atomic E-state index is 10.8. The number of nitrogens with zero attached hydrogens (tertiary/aromatic N) is 1. The van der Waals surface area contributed by atoms with Crippen molar-refractivity contribution in [3.63, 3.8) is 0 Å². The summed E-state index contributed by atoms with van der Waals surface area (Å²) in [5.74, 6) is -0.778. The van der Waals surface area contributed by atoms with Gasteiger partial charge in [-0.2, -0.15) is 0 Å². The number of ether oxygens (including phenoxy) is 1. The van der Waals surface area contributed by atoms with Crippen molar-refractivity contribution >= 4 is 5.97 Å². The van der Waals surface area contributed by atoms with E-state index in [4.69, 9.17) is 9.84 Å². The normalized spacial score (nSPS) is 10.8. The monoisotopic (exact) mass is 251 g/mol. The largest absolute Gasteiger partial charge is 0.480 e. The van der Waals surface area contributed by atoms with Crippen LogP contribution in [-0.2, 0) is 22.7 Å². The molecule has 0 heterocycles. The summed E-state index contributed by atoms with van der Waals surface area (Å²) in [6.07, 6.45) is 0.953. The maximum Gasteiger partial charge on any atom is 0.317 e. The lowest BCUT2D eigenvalue weighted by molar-refractivity contribution is -0.138. The van der Waals surface area contributed by atoms with Crippen molar-refractivity contribution in [1.82, 2.24) is 4.90 Å². The van der Waals surface area contributed by atoms with E-state index in [1.54, 1.807) is 7.11 Å². The highest BCUT2D eigenvalue weighted by Gasteiger charge is 2.09. The molecule has 0 fully saturated rings. The minimum absolute atomic E-state index is 0.0909. The Balaban J connectivity index is 2.59. The van der Waals surface area contributed by atoms with Crippen LogP contribution in [0, 0.1) is 0 Å². The third-order valence-corrected chi connectivity index (χ3v) is 2.64. The highest BCUT2D eigenvalue weighted by molar-refractivity contribution is 5.69. The van der Waals surface area contributed by atoms with Crippen LogP contribution in [0.15, 0.2) is 24.3 Å². The van der Waals surface area contributed by atoms with Crippen LogP contribution < -0.4 is 0 Å². The average molecular weight is 251 g/mol. The molecule has 0 saturated carbocycles.